The van der Waals surface area contributed by atoms with Gasteiger partial charge in [0, 0.05) is 13.6 Å². The Morgan fingerprint density at radius 3 is 2.46 bits per heavy atom. The summed E-state index contributed by atoms with van der Waals surface area (Å²) in [6.45, 7) is 0.455. The third-order valence-electron chi connectivity index (χ3n) is 3.49. The van der Waals surface area contributed by atoms with Gasteiger partial charge >= 0.3 is 5.97 Å². The van der Waals surface area contributed by atoms with Crippen molar-refractivity contribution >= 4 is 11.8 Å². The van der Waals surface area contributed by atoms with Gasteiger partial charge in [-0.3, -0.25) is 0 Å². The molecule has 7 heteroatoms. The van der Waals surface area contributed by atoms with Crippen LogP contribution < -0.4 is 4.90 Å². The first kappa shape index (κ1) is 15.7. The van der Waals surface area contributed by atoms with Crippen LogP contribution in [0.4, 0.5) is 10.2 Å². The highest BCUT2D eigenvalue weighted by Crippen LogP contribution is 2.20. The van der Waals surface area contributed by atoms with Crippen molar-refractivity contribution in [2.45, 2.75) is 6.54 Å². The standard InChI is InChI=1S/C17H15FN4O2/c1-21(11-12-7-3-2-4-8-12)16-15(17(23)24)19-22(20-16)14-10-6-5-9-13(14)18/h2-10H,11H2,1H3,(H,23,24). The molecule has 24 heavy (non-hydrogen) atoms. The molecule has 0 saturated carbocycles. The fraction of sp³-hybridized carbons (Fsp3) is 0.118. The number of carboxylic acids is 1. The summed E-state index contributed by atoms with van der Waals surface area (Å²) in [6, 6.07) is 15.5. The molecule has 2 aromatic carbocycles. The SMILES string of the molecule is CN(Cc1ccccc1)c1nn(-c2ccccc2F)nc1C(=O)O. The summed E-state index contributed by atoms with van der Waals surface area (Å²) in [5.41, 5.74) is 0.868. The largest absolute Gasteiger partial charge is 0.476 e. The molecule has 0 radical (unpaired) electrons. The monoisotopic (exact) mass is 326 g/mol. The smallest absolute Gasteiger partial charge is 0.360 e. The molecule has 1 N–H and O–H groups in total. The van der Waals surface area contributed by atoms with Crippen LogP contribution in [0.2, 0.25) is 0 Å². The quantitative estimate of drug-likeness (QED) is 0.780. The minimum absolute atomic E-state index is 0.0966. The van der Waals surface area contributed by atoms with E-state index in [0.29, 0.717) is 6.54 Å². The van der Waals surface area contributed by atoms with Gasteiger partial charge in [-0.05, 0) is 17.7 Å². The second-order valence-corrected chi connectivity index (χ2v) is 5.26. The zero-order chi connectivity index (χ0) is 17.1. The number of hydrogen-bond acceptors (Lipinski definition) is 4. The van der Waals surface area contributed by atoms with Crippen LogP contribution in [-0.4, -0.2) is 33.1 Å². The van der Waals surface area contributed by atoms with Crippen LogP contribution in [0.1, 0.15) is 16.1 Å². The van der Waals surface area contributed by atoms with E-state index < -0.39 is 11.8 Å². The Labute approximate surface area is 137 Å². The maximum Gasteiger partial charge on any atom is 0.360 e. The average Bonchev–Trinajstić information content (AvgIpc) is 3.02. The lowest BCUT2D eigenvalue weighted by molar-refractivity contribution is 0.0690. The Morgan fingerprint density at radius 1 is 1.12 bits per heavy atom. The molecule has 6 nitrogen and oxygen atoms in total. The van der Waals surface area contributed by atoms with Gasteiger partial charge in [0.25, 0.3) is 0 Å². The van der Waals surface area contributed by atoms with Gasteiger partial charge in [-0.15, -0.1) is 15.0 Å². The Balaban J connectivity index is 1.98. The molecule has 1 aromatic heterocycles. The molecule has 1 heterocycles. The van der Waals surface area contributed by atoms with Gasteiger partial charge < -0.3 is 10.0 Å². The fourth-order valence-electron chi connectivity index (χ4n) is 2.35. The van der Waals surface area contributed by atoms with Crippen molar-refractivity contribution in [2.75, 3.05) is 11.9 Å². The van der Waals surface area contributed by atoms with E-state index in [4.69, 9.17) is 0 Å². The van der Waals surface area contributed by atoms with E-state index in [1.807, 2.05) is 30.3 Å². The summed E-state index contributed by atoms with van der Waals surface area (Å²) in [7, 11) is 1.72. The van der Waals surface area contributed by atoms with Gasteiger partial charge in [0.1, 0.15) is 5.69 Å². The maximum atomic E-state index is 13.9. The molecule has 0 atom stereocenters. The van der Waals surface area contributed by atoms with Crippen molar-refractivity contribution in [3.8, 4) is 5.69 Å². The van der Waals surface area contributed by atoms with Crippen molar-refractivity contribution < 1.29 is 14.3 Å². The fourth-order valence-corrected chi connectivity index (χ4v) is 2.35. The Hall–Kier alpha value is -3.22. The molecular formula is C17H15FN4O2. The van der Waals surface area contributed by atoms with Gasteiger partial charge in [0.15, 0.2) is 11.6 Å². The van der Waals surface area contributed by atoms with E-state index in [9.17, 15) is 14.3 Å². The first-order valence-electron chi connectivity index (χ1n) is 7.27. The van der Waals surface area contributed by atoms with Crippen LogP contribution in [-0.2, 0) is 6.54 Å². The third-order valence-corrected chi connectivity index (χ3v) is 3.49. The van der Waals surface area contributed by atoms with Gasteiger partial charge in [0.2, 0.25) is 5.69 Å². The lowest BCUT2D eigenvalue weighted by Crippen LogP contribution is -2.19. The molecule has 0 aliphatic heterocycles. The second-order valence-electron chi connectivity index (χ2n) is 5.26. The minimum atomic E-state index is -1.22. The minimum Gasteiger partial charge on any atom is -0.476 e. The summed E-state index contributed by atoms with van der Waals surface area (Å²) in [5, 5.41) is 17.5. The van der Waals surface area contributed by atoms with Crippen molar-refractivity contribution in [3.63, 3.8) is 0 Å². The number of rotatable bonds is 5. The van der Waals surface area contributed by atoms with E-state index in [-0.39, 0.29) is 17.2 Å². The lowest BCUT2D eigenvalue weighted by atomic mass is 10.2. The van der Waals surface area contributed by atoms with E-state index in [0.717, 1.165) is 10.4 Å². The predicted octanol–water partition coefficient (Wildman–Crippen LogP) is 2.74. The van der Waals surface area contributed by atoms with E-state index in [1.54, 1.807) is 24.1 Å². The van der Waals surface area contributed by atoms with Gasteiger partial charge in [-0.2, -0.15) is 0 Å². The topological polar surface area (TPSA) is 71.2 Å². The number of aromatic nitrogens is 3. The second kappa shape index (κ2) is 6.49. The Kier molecular flexibility index (Phi) is 4.24. The van der Waals surface area contributed by atoms with Crippen molar-refractivity contribution in [3.05, 3.63) is 71.7 Å². The summed E-state index contributed by atoms with van der Waals surface area (Å²) >= 11 is 0. The van der Waals surface area contributed by atoms with E-state index in [1.165, 1.54) is 12.1 Å². The predicted molar refractivity (Wildman–Crippen MR) is 86.8 cm³/mol. The van der Waals surface area contributed by atoms with Crippen LogP contribution in [0, 0.1) is 5.82 Å². The van der Waals surface area contributed by atoms with Crippen molar-refractivity contribution in [2.24, 2.45) is 0 Å². The normalized spacial score (nSPS) is 10.6. The maximum absolute atomic E-state index is 13.9. The molecule has 0 spiro atoms. The molecule has 3 aromatic rings. The van der Waals surface area contributed by atoms with Crippen LogP contribution in [0.25, 0.3) is 5.69 Å². The average molecular weight is 326 g/mol. The van der Waals surface area contributed by atoms with Crippen molar-refractivity contribution in [1.29, 1.82) is 0 Å². The number of carboxylic acid groups (broad SMARTS) is 1. The molecule has 3 rings (SSSR count). The number of carbonyl (C=O) groups is 1. The van der Waals surface area contributed by atoms with Crippen LogP contribution in [0.3, 0.4) is 0 Å². The number of aromatic carboxylic acids is 1. The number of para-hydroxylation sites is 1. The summed E-state index contributed by atoms with van der Waals surface area (Å²) in [6.07, 6.45) is 0. The van der Waals surface area contributed by atoms with Gasteiger partial charge in [0.05, 0.1) is 0 Å². The van der Waals surface area contributed by atoms with E-state index >= 15 is 0 Å². The van der Waals surface area contributed by atoms with Gasteiger partial charge in [-0.1, -0.05) is 42.5 Å². The molecule has 0 unspecified atom stereocenters. The molecule has 0 saturated heterocycles. The highest BCUT2D eigenvalue weighted by atomic mass is 19.1. The number of halogens is 1. The molecule has 0 aliphatic rings. The van der Waals surface area contributed by atoms with Crippen LogP contribution in [0.5, 0.6) is 0 Å². The van der Waals surface area contributed by atoms with Gasteiger partial charge in [-0.25, -0.2) is 9.18 Å². The molecule has 0 fully saturated rings. The van der Waals surface area contributed by atoms with Crippen LogP contribution >= 0.6 is 0 Å². The number of benzene rings is 2. The summed E-state index contributed by atoms with van der Waals surface area (Å²) in [5.74, 6) is -1.57. The molecular weight excluding hydrogens is 311 g/mol. The first-order valence-corrected chi connectivity index (χ1v) is 7.27. The summed E-state index contributed by atoms with van der Waals surface area (Å²) in [4.78, 5) is 14.2. The number of anilines is 1. The number of hydrogen-bond donors (Lipinski definition) is 1. The highest BCUT2D eigenvalue weighted by Gasteiger charge is 2.22. The third kappa shape index (κ3) is 3.10. The van der Waals surface area contributed by atoms with E-state index in [2.05, 4.69) is 10.2 Å². The van der Waals surface area contributed by atoms with Crippen molar-refractivity contribution in [1.82, 2.24) is 15.0 Å². The highest BCUT2D eigenvalue weighted by molar-refractivity contribution is 5.90. The molecule has 122 valence electrons. The number of nitrogens with zero attached hydrogens (tertiary/aromatic N) is 4. The summed E-state index contributed by atoms with van der Waals surface area (Å²) < 4.78 is 13.9. The zero-order valence-corrected chi connectivity index (χ0v) is 12.9. The molecule has 0 aliphatic carbocycles. The lowest BCUT2D eigenvalue weighted by Gasteiger charge is -2.16. The zero-order valence-electron chi connectivity index (χ0n) is 12.9. The molecule has 0 bridgehead atoms. The first-order chi connectivity index (χ1) is 11.6. The van der Waals surface area contributed by atoms with Crippen LogP contribution in [0.15, 0.2) is 54.6 Å². The molecule has 0 amide bonds. The Bertz CT molecular complexity index is 864. The Morgan fingerprint density at radius 2 is 1.79 bits per heavy atom.